The molecule has 4 atom stereocenters. The fourth-order valence-electron chi connectivity index (χ4n) is 3.52. The van der Waals surface area contributed by atoms with Crippen molar-refractivity contribution in [1.82, 2.24) is 14.9 Å². The van der Waals surface area contributed by atoms with Crippen molar-refractivity contribution in [3.8, 4) is 0 Å². The molecule has 0 aromatic carbocycles. The Kier molecular flexibility index (Phi) is 6.06. The number of aliphatic hydroxyl groups excluding tert-OH is 1. The van der Waals surface area contributed by atoms with E-state index in [1.165, 1.54) is 0 Å². The number of likely N-dealkylation sites (tertiary alicyclic amines) is 1. The van der Waals surface area contributed by atoms with Crippen LogP contribution in [0.1, 0.15) is 25.3 Å². The summed E-state index contributed by atoms with van der Waals surface area (Å²) in [5, 5.41) is 10.5. The lowest BCUT2D eigenvalue weighted by Crippen LogP contribution is -2.55. The maximum absolute atomic E-state index is 12.6. The molecule has 2 saturated heterocycles. The first-order valence-electron chi connectivity index (χ1n) is 9.16. The molecule has 0 saturated carbocycles. The molecule has 2 fully saturated rings. The van der Waals surface area contributed by atoms with Crippen LogP contribution in [0, 0.1) is 0 Å². The van der Waals surface area contributed by atoms with E-state index in [0.717, 1.165) is 12.4 Å². The van der Waals surface area contributed by atoms with E-state index in [0.29, 0.717) is 25.9 Å². The Morgan fingerprint density at radius 3 is 2.57 bits per heavy atom. The number of nitrogens with zero attached hydrogens (tertiary/aromatic N) is 4. The van der Waals surface area contributed by atoms with E-state index in [1.807, 2.05) is 0 Å². The maximum Gasteiger partial charge on any atom is 0.419 e. The predicted molar refractivity (Wildman–Crippen MR) is 93.4 cm³/mol. The number of amides is 1. The smallest absolute Gasteiger partial charge is 0.389 e. The summed E-state index contributed by atoms with van der Waals surface area (Å²) < 4.78 is 43.4. The summed E-state index contributed by atoms with van der Waals surface area (Å²) in [6.45, 7) is 3.12. The minimum atomic E-state index is -4.50. The second-order valence-corrected chi connectivity index (χ2v) is 7.26. The lowest BCUT2D eigenvalue weighted by atomic mass is 10.0. The van der Waals surface area contributed by atoms with Crippen molar-refractivity contribution in [3.63, 3.8) is 0 Å². The van der Waals surface area contributed by atoms with Gasteiger partial charge in [-0.15, -0.1) is 0 Å². The largest absolute Gasteiger partial charge is 0.419 e. The Balaban J connectivity index is 1.59. The molecule has 0 unspecified atom stereocenters. The van der Waals surface area contributed by atoms with Crippen molar-refractivity contribution in [2.24, 2.45) is 5.73 Å². The van der Waals surface area contributed by atoms with Crippen molar-refractivity contribution in [3.05, 3.63) is 18.0 Å². The summed E-state index contributed by atoms with van der Waals surface area (Å²) in [5.74, 6) is -0.0414. The first-order valence-corrected chi connectivity index (χ1v) is 9.16. The summed E-state index contributed by atoms with van der Waals surface area (Å²) in [4.78, 5) is 23.3. The molecule has 2 aliphatic rings. The first kappa shape index (κ1) is 20.7. The molecule has 28 heavy (non-hydrogen) atoms. The SMILES string of the molecule is C[C@H](N)CO[C@@H]1CCN([C@H]2CCN(c3ncc(C(F)(F)F)cn3)C[C@H]2O)C1=O. The number of nitrogens with two attached hydrogens (primary N) is 1. The number of aromatic nitrogens is 2. The number of β-amino-alcohol motifs (C(OH)–C–C–N with tert-alkyl or cyclic N) is 1. The number of hydrogen-bond acceptors (Lipinski definition) is 7. The molecule has 156 valence electrons. The highest BCUT2D eigenvalue weighted by molar-refractivity contribution is 5.83. The van der Waals surface area contributed by atoms with Gasteiger partial charge in [-0.25, -0.2) is 9.97 Å². The molecule has 3 heterocycles. The molecular weight excluding hydrogens is 379 g/mol. The van der Waals surface area contributed by atoms with Crippen LogP contribution in [0.2, 0.25) is 0 Å². The van der Waals surface area contributed by atoms with Crippen molar-refractivity contribution < 1.29 is 27.8 Å². The van der Waals surface area contributed by atoms with E-state index in [1.54, 1.807) is 16.7 Å². The number of rotatable bonds is 5. The van der Waals surface area contributed by atoms with Gasteiger partial charge in [-0.05, 0) is 13.3 Å². The molecule has 3 N–H and O–H groups in total. The molecule has 3 rings (SSSR count). The van der Waals surface area contributed by atoms with Gasteiger partial charge in [-0.2, -0.15) is 13.2 Å². The Hall–Kier alpha value is -1.98. The Morgan fingerprint density at radius 2 is 2.00 bits per heavy atom. The number of piperidine rings is 1. The van der Waals surface area contributed by atoms with Gasteiger partial charge in [0.2, 0.25) is 5.95 Å². The highest BCUT2D eigenvalue weighted by atomic mass is 19.4. The highest BCUT2D eigenvalue weighted by Gasteiger charge is 2.41. The van der Waals surface area contributed by atoms with E-state index in [4.69, 9.17) is 10.5 Å². The molecule has 0 aliphatic carbocycles. The van der Waals surface area contributed by atoms with Crippen LogP contribution in [0.5, 0.6) is 0 Å². The summed E-state index contributed by atoms with van der Waals surface area (Å²) >= 11 is 0. The molecule has 8 nitrogen and oxygen atoms in total. The third-order valence-electron chi connectivity index (χ3n) is 4.95. The monoisotopic (exact) mass is 403 g/mol. The van der Waals surface area contributed by atoms with Crippen molar-refractivity contribution >= 4 is 11.9 Å². The average molecular weight is 403 g/mol. The molecule has 1 aromatic rings. The fourth-order valence-corrected chi connectivity index (χ4v) is 3.52. The van der Waals surface area contributed by atoms with Crippen molar-refractivity contribution in [2.75, 3.05) is 31.1 Å². The van der Waals surface area contributed by atoms with Gasteiger partial charge in [0.15, 0.2) is 0 Å². The molecule has 0 radical (unpaired) electrons. The number of alkyl halides is 3. The number of anilines is 1. The van der Waals surface area contributed by atoms with Crippen LogP contribution in [0.25, 0.3) is 0 Å². The third kappa shape index (κ3) is 4.53. The van der Waals surface area contributed by atoms with Gasteiger partial charge in [0.25, 0.3) is 5.91 Å². The summed E-state index contributed by atoms with van der Waals surface area (Å²) in [6, 6.07) is -0.540. The van der Waals surface area contributed by atoms with E-state index in [-0.39, 0.29) is 37.1 Å². The van der Waals surface area contributed by atoms with Crippen LogP contribution >= 0.6 is 0 Å². The topological polar surface area (TPSA) is 105 Å². The summed E-state index contributed by atoms with van der Waals surface area (Å²) in [5.41, 5.74) is 4.73. The number of hydrogen-bond donors (Lipinski definition) is 2. The van der Waals surface area contributed by atoms with E-state index in [2.05, 4.69) is 9.97 Å². The minimum Gasteiger partial charge on any atom is -0.389 e. The molecule has 0 bridgehead atoms. The Labute approximate surface area is 160 Å². The molecule has 2 aliphatic heterocycles. The normalized spacial score (nSPS) is 27.4. The van der Waals surface area contributed by atoms with Gasteiger partial charge in [-0.3, -0.25) is 4.79 Å². The van der Waals surface area contributed by atoms with Crippen LogP contribution in [0.4, 0.5) is 19.1 Å². The molecule has 1 aromatic heterocycles. The van der Waals surface area contributed by atoms with E-state index >= 15 is 0 Å². The molecule has 1 amide bonds. The standard InChI is InChI=1S/C17H24F3N5O3/c1-10(21)9-28-14-3-5-25(15(14)27)12-2-4-24(8-13(12)26)16-22-6-11(7-23-16)17(18,19)20/h6-7,10,12-14,26H,2-5,8-9,21H2,1H3/t10-,12-,13+,14+/m0/s1. The Bertz CT molecular complexity index is 686. The molecule has 0 spiro atoms. The van der Waals surface area contributed by atoms with Crippen molar-refractivity contribution in [2.45, 2.75) is 50.2 Å². The number of halogens is 3. The zero-order chi connectivity index (χ0) is 20.5. The van der Waals surface area contributed by atoms with Crippen LogP contribution in [0.3, 0.4) is 0 Å². The van der Waals surface area contributed by atoms with Gasteiger partial charge < -0.3 is 25.4 Å². The zero-order valence-electron chi connectivity index (χ0n) is 15.5. The van der Waals surface area contributed by atoms with E-state index in [9.17, 15) is 23.1 Å². The van der Waals surface area contributed by atoms with Crippen molar-refractivity contribution in [1.29, 1.82) is 0 Å². The van der Waals surface area contributed by atoms with Gasteiger partial charge in [0, 0.05) is 44.5 Å². The van der Waals surface area contributed by atoms with Gasteiger partial charge >= 0.3 is 6.18 Å². The molecule has 11 heteroatoms. The second kappa shape index (κ2) is 8.18. The van der Waals surface area contributed by atoms with Crippen LogP contribution in [-0.4, -0.2) is 76.4 Å². The number of ether oxygens (including phenoxy) is 1. The number of carbonyl (C=O) groups is 1. The molecular formula is C17H24F3N5O3. The van der Waals surface area contributed by atoms with Gasteiger partial charge in [-0.1, -0.05) is 0 Å². The lowest BCUT2D eigenvalue weighted by Gasteiger charge is -2.40. The van der Waals surface area contributed by atoms with Gasteiger partial charge in [0.05, 0.1) is 24.3 Å². The number of carbonyl (C=O) groups excluding carboxylic acids is 1. The van der Waals surface area contributed by atoms with Crippen LogP contribution in [-0.2, 0) is 15.7 Å². The number of aliphatic hydroxyl groups is 1. The van der Waals surface area contributed by atoms with E-state index < -0.39 is 23.9 Å². The quantitative estimate of drug-likeness (QED) is 0.733. The van der Waals surface area contributed by atoms with Crippen LogP contribution in [0.15, 0.2) is 12.4 Å². The fraction of sp³-hybridized carbons (Fsp3) is 0.706. The zero-order valence-corrected chi connectivity index (χ0v) is 15.5. The van der Waals surface area contributed by atoms with Gasteiger partial charge in [0.1, 0.15) is 6.10 Å². The third-order valence-corrected chi connectivity index (χ3v) is 4.95. The predicted octanol–water partition coefficient (Wildman–Crippen LogP) is 0.400. The Morgan fingerprint density at radius 1 is 1.32 bits per heavy atom. The van der Waals surface area contributed by atoms with Crippen LogP contribution < -0.4 is 10.6 Å². The summed E-state index contributed by atoms with van der Waals surface area (Å²) in [7, 11) is 0. The minimum absolute atomic E-state index is 0.122. The highest BCUT2D eigenvalue weighted by Crippen LogP contribution is 2.29. The lowest BCUT2D eigenvalue weighted by molar-refractivity contribution is -0.141. The first-order chi connectivity index (χ1) is 13.2. The summed E-state index contributed by atoms with van der Waals surface area (Å²) in [6.07, 6.45) is -3.46. The second-order valence-electron chi connectivity index (χ2n) is 7.26. The maximum atomic E-state index is 12.6. The average Bonchev–Trinajstić information content (AvgIpc) is 3.00.